The van der Waals surface area contributed by atoms with Gasteiger partial charge in [0.25, 0.3) is 10.0 Å². The highest BCUT2D eigenvalue weighted by Gasteiger charge is 2.34. The highest BCUT2D eigenvalue weighted by atomic mass is 32.2. The van der Waals surface area contributed by atoms with Crippen LogP contribution in [0.3, 0.4) is 0 Å². The lowest BCUT2D eigenvalue weighted by molar-refractivity contribution is -0.139. The van der Waals surface area contributed by atoms with Crippen molar-refractivity contribution in [3.05, 3.63) is 89.7 Å². The number of halogens is 1. The van der Waals surface area contributed by atoms with E-state index in [1.54, 1.807) is 62.4 Å². The van der Waals surface area contributed by atoms with Gasteiger partial charge < -0.3 is 15.0 Å². The number of anilines is 1. The van der Waals surface area contributed by atoms with Crippen molar-refractivity contribution in [3.63, 3.8) is 0 Å². The average molecular weight is 610 g/mol. The molecule has 2 amide bonds. The normalized spacial score (nSPS) is 14.5. The Morgan fingerprint density at radius 1 is 0.977 bits per heavy atom. The second kappa shape index (κ2) is 14.5. The molecule has 10 heteroatoms. The Hall–Kier alpha value is -3.92. The molecule has 1 aliphatic carbocycles. The molecule has 43 heavy (non-hydrogen) atoms. The molecule has 4 rings (SSSR count). The van der Waals surface area contributed by atoms with Crippen LogP contribution in [-0.2, 0) is 26.2 Å². The van der Waals surface area contributed by atoms with Gasteiger partial charge in [-0.15, -0.1) is 0 Å². The highest BCUT2D eigenvalue weighted by molar-refractivity contribution is 7.92. The molecule has 0 aliphatic heterocycles. The Morgan fingerprint density at radius 3 is 2.28 bits per heavy atom. The topological polar surface area (TPSA) is 96.0 Å². The Balaban J connectivity index is 1.71. The molecule has 8 nitrogen and oxygen atoms in total. The third-order valence-electron chi connectivity index (χ3n) is 7.71. The summed E-state index contributed by atoms with van der Waals surface area (Å²) in [6.07, 6.45) is 4.94. The number of nitrogens with one attached hydrogen (secondary N) is 1. The van der Waals surface area contributed by atoms with Crippen molar-refractivity contribution in [1.82, 2.24) is 10.2 Å². The van der Waals surface area contributed by atoms with Crippen LogP contribution in [0.1, 0.15) is 57.1 Å². The molecule has 0 spiro atoms. The van der Waals surface area contributed by atoms with E-state index in [0.29, 0.717) is 17.9 Å². The summed E-state index contributed by atoms with van der Waals surface area (Å²) in [4.78, 5) is 29.0. The van der Waals surface area contributed by atoms with Gasteiger partial charge in [-0.1, -0.05) is 61.2 Å². The summed E-state index contributed by atoms with van der Waals surface area (Å²) in [6, 6.07) is 17.8. The van der Waals surface area contributed by atoms with E-state index in [-0.39, 0.29) is 29.1 Å². The monoisotopic (exact) mass is 609 g/mol. The Labute approximate surface area is 253 Å². The van der Waals surface area contributed by atoms with E-state index in [9.17, 15) is 22.4 Å². The van der Waals surface area contributed by atoms with Crippen LogP contribution in [0, 0.1) is 12.7 Å². The van der Waals surface area contributed by atoms with Crippen molar-refractivity contribution in [1.29, 1.82) is 0 Å². The van der Waals surface area contributed by atoms with Crippen LogP contribution in [0.5, 0.6) is 5.75 Å². The average Bonchev–Trinajstić information content (AvgIpc) is 3.00. The molecule has 0 heterocycles. The summed E-state index contributed by atoms with van der Waals surface area (Å²) in [5.74, 6) is -1.02. The molecule has 0 aromatic heterocycles. The lowest BCUT2D eigenvalue weighted by Crippen LogP contribution is -2.53. The quantitative estimate of drug-likeness (QED) is 0.289. The molecule has 0 unspecified atom stereocenters. The zero-order valence-electron chi connectivity index (χ0n) is 25.0. The molecule has 1 atom stereocenters. The standard InChI is InChI=1S/C33H40FN3O5S/c1-4-42-31-13-9-8-12-30(31)37(43(40,41)29-20-14-24(2)15-21-29)23-32(38)36(22-26-16-18-27(34)19-17-26)25(3)33(39)35-28-10-6-5-7-11-28/h8-9,12-21,25,28H,4-7,10-11,22-23H2,1-3H3,(H,35,39)/t25-/m1/s1. The lowest BCUT2D eigenvalue weighted by Gasteiger charge is -2.33. The minimum Gasteiger partial charge on any atom is -0.492 e. The number of rotatable bonds is 12. The SMILES string of the molecule is CCOc1ccccc1N(CC(=O)N(Cc1ccc(F)cc1)[C@H](C)C(=O)NC1CCCCC1)S(=O)(=O)c1ccc(C)cc1. The first-order valence-corrected chi connectivity index (χ1v) is 16.2. The smallest absolute Gasteiger partial charge is 0.264 e. The molecule has 3 aromatic carbocycles. The summed E-state index contributed by atoms with van der Waals surface area (Å²) in [6.45, 7) is 4.98. The molecule has 3 aromatic rings. The summed E-state index contributed by atoms with van der Waals surface area (Å²) in [7, 11) is -4.23. The van der Waals surface area contributed by atoms with E-state index < -0.39 is 34.3 Å². The number of carbonyl (C=O) groups is 2. The Kier molecular flexibility index (Phi) is 10.8. The summed E-state index contributed by atoms with van der Waals surface area (Å²) >= 11 is 0. The van der Waals surface area contributed by atoms with Crippen molar-refractivity contribution < 1.29 is 27.1 Å². The van der Waals surface area contributed by atoms with Gasteiger partial charge in [-0.05, 0) is 75.6 Å². The Bertz CT molecular complexity index is 1490. The predicted octanol–water partition coefficient (Wildman–Crippen LogP) is 5.59. The fraction of sp³-hybridized carbons (Fsp3) is 0.394. The van der Waals surface area contributed by atoms with Gasteiger partial charge in [0.15, 0.2) is 0 Å². The van der Waals surface area contributed by atoms with Crippen LogP contribution in [0.2, 0.25) is 0 Å². The van der Waals surface area contributed by atoms with Crippen molar-refractivity contribution in [3.8, 4) is 5.75 Å². The van der Waals surface area contributed by atoms with Crippen molar-refractivity contribution in [2.75, 3.05) is 17.5 Å². The zero-order chi connectivity index (χ0) is 31.0. The first-order valence-electron chi connectivity index (χ1n) is 14.8. The number of hydrogen-bond donors (Lipinski definition) is 1. The number of sulfonamides is 1. The number of hydrogen-bond acceptors (Lipinski definition) is 5. The third kappa shape index (κ3) is 8.13. The van der Waals surface area contributed by atoms with Crippen LogP contribution < -0.4 is 14.4 Å². The van der Waals surface area contributed by atoms with Crippen LogP contribution in [0.15, 0.2) is 77.7 Å². The first kappa shape index (κ1) is 32.0. The van der Waals surface area contributed by atoms with Gasteiger partial charge in [-0.3, -0.25) is 13.9 Å². The number of benzene rings is 3. The minimum absolute atomic E-state index is 0.0100. The fourth-order valence-corrected chi connectivity index (χ4v) is 6.65. The number of para-hydroxylation sites is 2. The molecule has 230 valence electrons. The van der Waals surface area contributed by atoms with Gasteiger partial charge in [0, 0.05) is 12.6 Å². The fourth-order valence-electron chi connectivity index (χ4n) is 5.23. The van der Waals surface area contributed by atoms with Crippen LogP contribution >= 0.6 is 0 Å². The van der Waals surface area contributed by atoms with E-state index in [4.69, 9.17) is 4.74 Å². The maximum absolute atomic E-state index is 14.2. The summed E-state index contributed by atoms with van der Waals surface area (Å²) in [5, 5.41) is 3.08. The van der Waals surface area contributed by atoms with Gasteiger partial charge in [-0.2, -0.15) is 0 Å². The molecule has 1 aliphatic rings. The van der Waals surface area contributed by atoms with Crippen LogP contribution in [0.25, 0.3) is 0 Å². The lowest BCUT2D eigenvalue weighted by atomic mass is 9.95. The maximum Gasteiger partial charge on any atom is 0.264 e. The largest absolute Gasteiger partial charge is 0.492 e. The summed E-state index contributed by atoms with van der Waals surface area (Å²) in [5.41, 5.74) is 1.70. The summed E-state index contributed by atoms with van der Waals surface area (Å²) < 4.78 is 48.7. The molecule has 1 N–H and O–H groups in total. The van der Waals surface area contributed by atoms with Gasteiger partial charge in [0.1, 0.15) is 24.2 Å². The minimum atomic E-state index is -4.23. The number of amides is 2. The first-order chi connectivity index (χ1) is 20.6. The second-order valence-corrected chi connectivity index (χ2v) is 12.8. The van der Waals surface area contributed by atoms with Gasteiger partial charge in [0.05, 0.1) is 17.2 Å². The third-order valence-corrected chi connectivity index (χ3v) is 9.48. The van der Waals surface area contributed by atoms with Crippen LogP contribution in [0.4, 0.5) is 10.1 Å². The van der Waals surface area contributed by atoms with Crippen molar-refractivity contribution in [2.24, 2.45) is 0 Å². The number of carbonyl (C=O) groups excluding carboxylic acids is 2. The molecule has 1 fully saturated rings. The van der Waals surface area contributed by atoms with E-state index in [1.807, 2.05) is 6.92 Å². The number of aryl methyl sites for hydroxylation is 1. The maximum atomic E-state index is 14.2. The van der Waals surface area contributed by atoms with E-state index in [1.165, 1.54) is 29.2 Å². The zero-order valence-corrected chi connectivity index (χ0v) is 25.8. The molecular formula is C33H40FN3O5S. The van der Waals surface area contributed by atoms with Gasteiger partial charge in [-0.25, -0.2) is 12.8 Å². The molecule has 1 saturated carbocycles. The van der Waals surface area contributed by atoms with E-state index in [2.05, 4.69) is 5.32 Å². The molecular weight excluding hydrogens is 569 g/mol. The number of ether oxygens (including phenoxy) is 1. The van der Waals surface area contributed by atoms with Crippen molar-refractivity contribution in [2.45, 2.75) is 76.4 Å². The van der Waals surface area contributed by atoms with E-state index in [0.717, 1.165) is 42.0 Å². The molecule has 0 saturated heterocycles. The second-order valence-electron chi connectivity index (χ2n) is 10.9. The molecule has 0 radical (unpaired) electrons. The van der Waals surface area contributed by atoms with Gasteiger partial charge >= 0.3 is 0 Å². The molecule has 0 bridgehead atoms. The van der Waals surface area contributed by atoms with Crippen molar-refractivity contribution >= 4 is 27.5 Å². The van der Waals surface area contributed by atoms with E-state index >= 15 is 0 Å². The predicted molar refractivity (Wildman–Crippen MR) is 165 cm³/mol. The van der Waals surface area contributed by atoms with Crippen LogP contribution in [-0.4, -0.2) is 50.4 Å². The number of nitrogens with zero attached hydrogens (tertiary/aromatic N) is 2. The highest BCUT2D eigenvalue weighted by Crippen LogP contribution is 2.33. The Morgan fingerprint density at radius 2 is 1.63 bits per heavy atom. The van der Waals surface area contributed by atoms with Gasteiger partial charge in [0.2, 0.25) is 11.8 Å².